The molecular weight excluding hydrogens is 889 g/mol. The molecule has 0 aliphatic heterocycles. The third kappa shape index (κ3) is 58.0. The number of unbranched alkanes of at least 4 members (excludes halogenated alkanes) is 36. The van der Waals surface area contributed by atoms with Gasteiger partial charge in [0.15, 0.2) is 6.10 Å². The molecule has 1 unspecified atom stereocenters. The summed E-state index contributed by atoms with van der Waals surface area (Å²) in [5, 5.41) is 0. The van der Waals surface area contributed by atoms with Crippen LogP contribution in [0.1, 0.15) is 323 Å². The molecule has 0 aromatic rings. The van der Waals surface area contributed by atoms with Gasteiger partial charge >= 0.3 is 17.9 Å². The molecule has 0 rings (SSSR count). The minimum absolute atomic E-state index is 0.0695. The molecule has 0 radical (unpaired) electrons. The van der Waals surface area contributed by atoms with Crippen LogP contribution in [0.15, 0.2) is 60.8 Å². The Hall–Kier alpha value is -2.89. The molecule has 0 aromatic carbocycles. The van der Waals surface area contributed by atoms with E-state index in [-0.39, 0.29) is 31.1 Å². The quantitative estimate of drug-likeness (QED) is 0.0261. The van der Waals surface area contributed by atoms with Gasteiger partial charge < -0.3 is 14.2 Å². The molecule has 0 amide bonds. The van der Waals surface area contributed by atoms with Crippen molar-refractivity contribution in [1.82, 2.24) is 0 Å². The summed E-state index contributed by atoms with van der Waals surface area (Å²) in [6.07, 6.45) is 76.8. The van der Waals surface area contributed by atoms with Gasteiger partial charge in [-0.3, -0.25) is 14.4 Å². The number of hydrogen-bond donors (Lipinski definition) is 0. The molecule has 0 aromatic heterocycles. The molecule has 6 heteroatoms. The summed E-state index contributed by atoms with van der Waals surface area (Å²) in [5.41, 5.74) is 0. The van der Waals surface area contributed by atoms with E-state index in [0.29, 0.717) is 19.3 Å². The van der Waals surface area contributed by atoms with Crippen LogP contribution in [-0.4, -0.2) is 37.2 Å². The van der Waals surface area contributed by atoms with Crippen molar-refractivity contribution in [2.75, 3.05) is 13.2 Å². The minimum atomic E-state index is -0.768. The number of carbonyl (C=O) groups is 3. The third-order valence-corrected chi connectivity index (χ3v) is 13.8. The van der Waals surface area contributed by atoms with Crippen molar-refractivity contribution >= 4 is 17.9 Å². The SMILES string of the molecule is CC/C=C\C/C=C\C/C=C\C/C=C\C/C=C\CCCCCCCCCCCCCCCC(=O)OCC(COC(=O)CCCCCCCCC)OC(=O)CCCCCCCCCCCCCCCCCCCC. The van der Waals surface area contributed by atoms with E-state index in [1.165, 1.54) is 193 Å². The second-order valence-corrected chi connectivity index (χ2v) is 21.0. The largest absolute Gasteiger partial charge is 0.462 e. The summed E-state index contributed by atoms with van der Waals surface area (Å²) in [5.74, 6) is -0.860. The van der Waals surface area contributed by atoms with Crippen LogP contribution < -0.4 is 0 Å². The predicted octanol–water partition coefficient (Wildman–Crippen LogP) is 21.2. The van der Waals surface area contributed by atoms with Crippen LogP contribution in [0.4, 0.5) is 0 Å². The summed E-state index contributed by atoms with van der Waals surface area (Å²) in [7, 11) is 0. The lowest BCUT2D eigenvalue weighted by Crippen LogP contribution is -2.30. The first-order valence-corrected chi connectivity index (χ1v) is 31.3. The molecule has 72 heavy (non-hydrogen) atoms. The highest BCUT2D eigenvalue weighted by atomic mass is 16.6. The summed E-state index contributed by atoms with van der Waals surface area (Å²) in [6.45, 7) is 6.53. The van der Waals surface area contributed by atoms with Gasteiger partial charge in [0.05, 0.1) is 0 Å². The summed E-state index contributed by atoms with van der Waals surface area (Å²) >= 11 is 0. The fourth-order valence-electron chi connectivity index (χ4n) is 9.12. The van der Waals surface area contributed by atoms with Gasteiger partial charge in [-0.2, -0.15) is 0 Å². The van der Waals surface area contributed by atoms with Gasteiger partial charge in [-0.05, 0) is 64.2 Å². The standard InChI is InChI=1S/C66H118O6/c1-4-7-10-13-16-18-20-22-24-26-28-29-30-31-32-33-34-35-36-37-38-40-41-43-45-47-50-53-56-59-65(68)71-62-63(61-70-64(67)58-55-52-49-15-12-9-6-3)72-66(69)60-57-54-51-48-46-44-42-39-27-25-23-21-19-17-14-11-8-5-2/h7,10,16,18,22,24,28-29,31-32,63H,4-6,8-9,11-15,17,19-21,23,25-27,30,33-62H2,1-3H3/b10-7-,18-16-,24-22-,29-28-,32-31-. The normalized spacial score (nSPS) is 12.4. The van der Waals surface area contributed by atoms with E-state index in [2.05, 4.69) is 81.5 Å². The Morgan fingerprint density at radius 2 is 0.542 bits per heavy atom. The summed E-state index contributed by atoms with van der Waals surface area (Å²) in [6, 6.07) is 0. The molecule has 0 saturated carbocycles. The van der Waals surface area contributed by atoms with Crippen molar-refractivity contribution in [2.24, 2.45) is 0 Å². The first-order chi connectivity index (χ1) is 35.5. The van der Waals surface area contributed by atoms with Crippen LogP contribution >= 0.6 is 0 Å². The van der Waals surface area contributed by atoms with E-state index in [1.54, 1.807) is 0 Å². The number of carbonyl (C=O) groups excluding carboxylic acids is 3. The van der Waals surface area contributed by atoms with Gasteiger partial charge in [0.25, 0.3) is 0 Å². The summed E-state index contributed by atoms with van der Waals surface area (Å²) in [4.78, 5) is 38.0. The number of rotatable bonds is 57. The first kappa shape index (κ1) is 69.1. The molecule has 0 N–H and O–H groups in total. The van der Waals surface area contributed by atoms with Crippen LogP contribution in [-0.2, 0) is 28.6 Å². The van der Waals surface area contributed by atoms with E-state index in [1.807, 2.05) is 0 Å². The lowest BCUT2D eigenvalue weighted by Gasteiger charge is -2.18. The van der Waals surface area contributed by atoms with E-state index in [9.17, 15) is 14.4 Å². The van der Waals surface area contributed by atoms with Crippen LogP contribution in [0, 0.1) is 0 Å². The number of ether oxygens (including phenoxy) is 3. The average molecular weight is 1010 g/mol. The highest BCUT2D eigenvalue weighted by Gasteiger charge is 2.19. The average Bonchev–Trinajstić information content (AvgIpc) is 3.38. The highest BCUT2D eigenvalue weighted by molar-refractivity contribution is 5.71. The molecule has 0 spiro atoms. The van der Waals surface area contributed by atoms with Gasteiger partial charge in [-0.15, -0.1) is 0 Å². The monoisotopic (exact) mass is 1010 g/mol. The zero-order valence-corrected chi connectivity index (χ0v) is 47.9. The van der Waals surface area contributed by atoms with Crippen LogP contribution in [0.3, 0.4) is 0 Å². The molecule has 0 heterocycles. The first-order valence-electron chi connectivity index (χ1n) is 31.3. The topological polar surface area (TPSA) is 78.9 Å². The second-order valence-electron chi connectivity index (χ2n) is 21.0. The smallest absolute Gasteiger partial charge is 0.306 e. The molecule has 0 aliphatic carbocycles. The Morgan fingerprint density at radius 3 is 0.847 bits per heavy atom. The van der Waals surface area contributed by atoms with Crippen LogP contribution in [0.25, 0.3) is 0 Å². The predicted molar refractivity (Wildman–Crippen MR) is 312 cm³/mol. The van der Waals surface area contributed by atoms with Crippen molar-refractivity contribution in [3.8, 4) is 0 Å². The molecule has 0 aliphatic rings. The van der Waals surface area contributed by atoms with E-state index >= 15 is 0 Å². The second kappa shape index (κ2) is 60.7. The van der Waals surface area contributed by atoms with E-state index in [0.717, 1.165) is 89.9 Å². The fourth-order valence-corrected chi connectivity index (χ4v) is 9.12. The van der Waals surface area contributed by atoms with Gasteiger partial charge in [0.1, 0.15) is 13.2 Å². The van der Waals surface area contributed by atoms with E-state index in [4.69, 9.17) is 14.2 Å². The van der Waals surface area contributed by atoms with Gasteiger partial charge in [-0.25, -0.2) is 0 Å². The lowest BCUT2D eigenvalue weighted by molar-refractivity contribution is -0.167. The van der Waals surface area contributed by atoms with Crippen molar-refractivity contribution in [3.63, 3.8) is 0 Å². The maximum Gasteiger partial charge on any atom is 0.306 e. The Labute approximate surface area is 447 Å². The maximum absolute atomic E-state index is 12.8. The lowest BCUT2D eigenvalue weighted by atomic mass is 10.0. The minimum Gasteiger partial charge on any atom is -0.462 e. The zero-order chi connectivity index (χ0) is 52.2. The van der Waals surface area contributed by atoms with Crippen LogP contribution in [0.5, 0.6) is 0 Å². The highest BCUT2D eigenvalue weighted by Crippen LogP contribution is 2.17. The maximum atomic E-state index is 12.8. The summed E-state index contributed by atoms with van der Waals surface area (Å²) < 4.78 is 16.8. The van der Waals surface area contributed by atoms with Crippen LogP contribution in [0.2, 0.25) is 0 Å². The fraction of sp³-hybridized carbons (Fsp3) is 0.803. The van der Waals surface area contributed by atoms with Crippen molar-refractivity contribution in [2.45, 2.75) is 329 Å². The molecule has 0 saturated heterocycles. The van der Waals surface area contributed by atoms with Gasteiger partial charge in [0, 0.05) is 19.3 Å². The Balaban J connectivity index is 4.08. The molecular formula is C66H118O6. The number of esters is 3. The number of allylic oxidation sites excluding steroid dienone is 10. The van der Waals surface area contributed by atoms with Crippen molar-refractivity contribution in [1.29, 1.82) is 0 Å². The van der Waals surface area contributed by atoms with Crippen molar-refractivity contribution < 1.29 is 28.6 Å². The van der Waals surface area contributed by atoms with Crippen molar-refractivity contribution in [3.05, 3.63) is 60.8 Å². The molecule has 0 bridgehead atoms. The molecule has 1 atom stereocenters. The Morgan fingerprint density at radius 1 is 0.292 bits per heavy atom. The molecule has 418 valence electrons. The van der Waals surface area contributed by atoms with Gasteiger partial charge in [-0.1, -0.05) is 300 Å². The third-order valence-electron chi connectivity index (χ3n) is 13.8. The molecule has 6 nitrogen and oxygen atoms in total. The Kier molecular flexibility index (Phi) is 58.2. The number of hydrogen-bond acceptors (Lipinski definition) is 6. The Bertz CT molecular complexity index is 1290. The molecule has 0 fully saturated rings. The van der Waals surface area contributed by atoms with E-state index < -0.39 is 6.10 Å². The van der Waals surface area contributed by atoms with Gasteiger partial charge in [0.2, 0.25) is 0 Å². The zero-order valence-electron chi connectivity index (χ0n) is 47.9.